The molecule has 2 bridgehead atoms. The molecule has 0 spiro atoms. The molecule has 8 nitrogen and oxygen atoms in total. The fourth-order valence-electron chi connectivity index (χ4n) is 5.74. The topological polar surface area (TPSA) is 103 Å². The van der Waals surface area contributed by atoms with Crippen LogP contribution in [0.25, 0.3) is 0 Å². The Morgan fingerprint density at radius 2 is 1.51 bits per heavy atom. The standard InChI is InChI=1S/C17H20N2O2.C16H21NO3/c1-2-19(12-14-8-10-18-11-9-14)17(21)16(13-20)15-6-4-3-5-7-15;1-17-12-7-8-13(17)10-14(9-12)20-16(19)15(18)11-5-3-2-4-6-11/h3-11,16,20H,2,12-13H2,1H3;2-6,12-15,18H,7-10H2,1H3/t;12-,13+,14+,15?. The van der Waals surface area contributed by atoms with E-state index in [4.69, 9.17) is 4.74 Å². The molecule has 5 rings (SSSR count). The molecular formula is C33H41N3O5. The van der Waals surface area contributed by atoms with Crippen LogP contribution in [-0.2, 0) is 20.9 Å². The highest BCUT2D eigenvalue weighted by molar-refractivity contribution is 5.84. The lowest BCUT2D eigenvalue weighted by Gasteiger charge is -2.36. The van der Waals surface area contributed by atoms with Crippen LogP contribution in [0.2, 0.25) is 0 Å². The Morgan fingerprint density at radius 1 is 0.951 bits per heavy atom. The van der Waals surface area contributed by atoms with Crippen molar-refractivity contribution in [2.75, 3.05) is 20.2 Å². The molecule has 2 N–H and O–H groups in total. The third-order valence-electron chi connectivity index (χ3n) is 8.18. The minimum Gasteiger partial charge on any atom is -0.460 e. The van der Waals surface area contributed by atoms with E-state index in [-0.39, 0.29) is 18.6 Å². The maximum atomic E-state index is 12.7. The molecule has 1 amide bonds. The molecule has 5 atom stereocenters. The second kappa shape index (κ2) is 14.9. The van der Waals surface area contributed by atoms with Crippen LogP contribution in [0.1, 0.15) is 61.3 Å². The predicted molar refractivity (Wildman–Crippen MR) is 157 cm³/mol. The Morgan fingerprint density at radius 3 is 2.05 bits per heavy atom. The number of fused-ring (bicyclic) bond motifs is 2. The summed E-state index contributed by atoms with van der Waals surface area (Å²) in [5.74, 6) is -1.08. The Bertz CT molecular complexity index is 1210. The second-order valence-corrected chi connectivity index (χ2v) is 10.7. The predicted octanol–water partition coefficient (Wildman–Crippen LogP) is 4.09. The molecule has 2 aromatic carbocycles. The monoisotopic (exact) mass is 559 g/mol. The maximum Gasteiger partial charge on any atom is 0.339 e. The van der Waals surface area contributed by atoms with Crippen molar-refractivity contribution in [2.45, 2.75) is 69.4 Å². The summed E-state index contributed by atoms with van der Waals surface area (Å²) in [6.45, 7) is 2.89. The number of nitrogens with zero attached hydrogens (tertiary/aromatic N) is 3. The van der Waals surface area contributed by atoms with E-state index in [1.165, 1.54) is 12.8 Å². The van der Waals surface area contributed by atoms with Gasteiger partial charge in [-0.05, 0) is 68.5 Å². The van der Waals surface area contributed by atoms with Crippen molar-refractivity contribution < 1.29 is 24.5 Å². The Balaban J connectivity index is 0.000000189. The van der Waals surface area contributed by atoms with Gasteiger partial charge in [-0.2, -0.15) is 0 Å². The van der Waals surface area contributed by atoms with Gasteiger partial charge in [0.15, 0.2) is 6.10 Å². The number of carbonyl (C=O) groups excluding carboxylic acids is 2. The molecule has 0 aliphatic carbocycles. The number of carbonyl (C=O) groups is 2. The summed E-state index contributed by atoms with van der Waals surface area (Å²) in [5, 5.41) is 19.6. The van der Waals surface area contributed by atoms with Crippen molar-refractivity contribution in [3.63, 3.8) is 0 Å². The Hall–Kier alpha value is -3.59. The number of aliphatic hydroxyl groups is 2. The molecule has 8 heteroatoms. The first kappa shape index (κ1) is 30.4. The number of amides is 1. The normalized spacial score (nSPS) is 21.2. The van der Waals surface area contributed by atoms with Crippen LogP contribution in [0.4, 0.5) is 0 Å². The fourth-order valence-corrected chi connectivity index (χ4v) is 5.74. The van der Waals surface area contributed by atoms with Crippen LogP contribution in [0.5, 0.6) is 0 Å². The highest BCUT2D eigenvalue weighted by Crippen LogP contribution is 2.36. The van der Waals surface area contributed by atoms with Crippen LogP contribution < -0.4 is 0 Å². The summed E-state index contributed by atoms with van der Waals surface area (Å²) in [4.78, 5) is 32.8. The summed E-state index contributed by atoms with van der Waals surface area (Å²) in [6, 6.07) is 23.2. The molecule has 2 saturated heterocycles. The largest absolute Gasteiger partial charge is 0.460 e. The highest BCUT2D eigenvalue weighted by Gasteiger charge is 2.40. The molecule has 41 heavy (non-hydrogen) atoms. The summed E-state index contributed by atoms with van der Waals surface area (Å²) >= 11 is 0. The van der Waals surface area contributed by atoms with Gasteiger partial charge in [-0.3, -0.25) is 9.78 Å². The fraction of sp³-hybridized carbons (Fsp3) is 0.424. The van der Waals surface area contributed by atoms with Crippen LogP contribution >= 0.6 is 0 Å². The number of pyridine rings is 1. The quantitative estimate of drug-likeness (QED) is 0.381. The number of esters is 1. The molecule has 1 aromatic heterocycles. The van der Waals surface area contributed by atoms with Gasteiger partial charge in [0.1, 0.15) is 6.10 Å². The van der Waals surface area contributed by atoms with Crippen LogP contribution in [0.3, 0.4) is 0 Å². The molecule has 0 saturated carbocycles. The number of aliphatic hydroxyl groups excluding tert-OH is 2. The molecule has 2 fully saturated rings. The zero-order chi connectivity index (χ0) is 29.2. The SMILES string of the molecule is CCN(Cc1ccncc1)C(=O)C(CO)c1ccccc1.CN1[C@@H]2CC[C@H]1C[C@@H](OC(=O)C(O)c1ccccc1)C2. The third-order valence-corrected chi connectivity index (χ3v) is 8.18. The molecule has 0 radical (unpaired) electrons. The van der Waals surface area contributed by atoms with Gasteiger partial charge in [0.05, 0.1) is 12.5 Å². The summed E-state index contributed by atoms with van der Waals surface area (Å²) in [7, 11) is 2.15. The first-order chi connectivity index (χ1) is 19.9. The lowest BCUT2D eigenvalue weighted by atomic mass is 9.98. The zero-order valence-corrected chi connectivity index (χ0v) is 23.9. The first-order valence-corrected chi connectivity index (χ1v) is 14.4. The van der Waals surface area contributed by atoms with Crippen LogP contribution in [0.15, 0.2) is 85.2 Å². The van der Waals surface area contributed by atoms with E-state index >= 15 is 0 Å². The number of hydrogen-bond donors (Lipinski definition) is 2. The van der Waals surface area contributed by atoms with E-state index in [0.717, 1.165) is 24.0 Å². The van der Waals surface area contributed by atoms with Crippen molar-refractivity contribution in [3.05, 3.63) is 102 Å². The van der Waals surface area contributed by atoms with Crippen LogP contribution in [0, 0.1) is 0 Å². The minimum atomic E-state index is -1.17. The lowest BCUT2D eigenvalue weighted by molar-refractivity contribution is -0.162. The minimum absolute atomic E-state index is 0.0467. The van der Waals surface area contributed by atoms with E-state index in [2.05, 4.69) is 16.9 Å². The second-order valence-electron chi connectivity index (χ2n) is 10.7. The van der Waals surface area contributed by atoms with Gasteiger partial charge in [-0.1, -0.05) is 60.7 Å². The van der Waals surface area contributed by atoms with Gasteiger partial charge in [-0.15, -0.1) is 0 Å². The number of rotatable bonds is 9. The van der Waals surface area contributed by atoms with Crippen molar-refractivity contribution in [3.8, 4) is 0 Å². The number of piperidine rings is 1. The lowest BCUT2D eigenvalue weighted by Crippen LogP contribution is -2.43. The average molecular weight is 560 g/mol. The number of hydrogen-bond acceptors (Lipinski definition) is 7. The van der Waals surface area contributed by atoms with Gasteiger partial charge in [0.2, 0.25) is 5.91 Å². The van der Waals surface area contributed by atoms with Crippen molar-refractivity contribution in [1.82, 2.24) is 14.8 Å². The van der Waals surface area contributed by atoms with E-state index in [9.17, 15) is 19.8 Å². The van der Waals surface area contributed by atoms with Crippen molar-refractivity contribution in [2.24, 2.45) is 0 Å². The average Bonchev–Trinajstić information content (AvgIpc) is 3.21. The summed E-state index contributed by atoms with van der Waals surface area (Å²) < 4.78 is 5.52. The molecule has 2 aliphatic heterocycles. The number of ether oxygens (including phenoxy) is 1. The van der Waals surface area contributed by atoms with Crippen molar-refractivity contribution in [1.29, 1.82) is 0 Å². The van der Waals surface area contributed by atoms with E-state index in [0.29, 0.717) is 30.7 Å². The smallest absolute Gasteiger partial charge is 0.339 e. The highest BCUT2D eigenvalue weighted by atomic mass is 16.6. The van der Waals surface area contributed by atoms with Crippen molar-refractivity contribution >= 4 is 11.9 Å². The molecule has 2 unspecified atom stereocenters. The van der Waals surface area contributed by atoms with E-state index < -0.39 is 18.0 Å². The Kier molecular flexibility index (Phi) is 11.0. The molecular weight excluding hydrogens is 518 g/mol. The van der Waals surface area contributed by atoms with Gasteiger partial charge in [-0.25, -0.2) is 4.79 Å². The van der Waals surface area contributed by atoms with Gasteiger partial charge in [0, 0.05) is 37.6 Å². The maximum absolute atomic E-state index is 12.7. The number of benzene rings is 2. The van der Waals surface area contributed by atoms with E-state index in [1.54, 1.807) is 29.4 Å². The van der Waals surface area contributed by atoms with Gasteiger partial charge < -0.3 is 24.7 Å². The number of aromatic nitrogens is 1. The summed E-state index contributed by atoms with van der Waals surface area (Å²) in [6.07, 6.45) is 6.37. The molecule has 218 valence electrons. The third kappa shape index (κ3) is 8.00. The number of likely N-dealkylation sites (N-methyl/N-ethyl adjacent to an activating group) is 1. The molecule has 3 heterocycles. The van der Waals surface area contributed by atoms with E-state index in [1.807, 2.05) is 67.6 Å². The molecule has 2 aliphatic rings. The van der Waals surface area contributed by atoms with Gasteiger partial charge >= 0.3 is 5.97 Å². The van der Waals surface area contributed by atoms with Crippen LogP contribution in [-0.4, -0.2) is 75.3 Å². The Labute approximate surface area is 242 Å². The van der Waals surface area contributed by atoms with Gasteiger partial charge in [0.25, 0.3) is 0 Å². The first-order valence-electron chi connectivity index (χ1n) is 14.4. The zero-order valence-electron chi connectivity index (χ0n) is 23.9. The molecule has 3 aromatic rings. The summed E-state index contributed by atoms with van der Waals surface area (Å²) in [5.41, 5.74) is 2.47.